The maximum absolute atomic E-state index is 3.53. The van der Waals surface area contributed by atoms with Crippen molar-refractivity contribution in [2.24, 2.45) is 0 Å². The molecule has 0 amide bonds. The third-order valence-electron chi connectivity index (χ3n) is 3.22. The number of likely N-dealkylation sites (tertiary alicyclic amines) is 1. The van der Waals surface area contributed by atoms with Gasteiger partial charge in [0.05, 0.1) is 0 Å². The molecule has 2 rings (SSSR count). The van der Waals surface area contributed by atoms with Crippen LogP contribution >= 0.6 is 15.9 Å². The van der Waals surface area contributed by atoms with Gasteiger partial charge >= 0.3 is 0 Å². The lowest BCUT2D eigenvalue weighted by atomic mass is 10.2. The number of hydrogen-bond acceptors (Lipinski definition) is 2. The molecule has 1 aromatic carbocycles. The van der Waals surface area contributed by atoms with Crippen LogP contribution in [0.4, 0.5) is 5.69 Å². The maximum atomic E-state index is 3.53. The Kier molecular flexibility index (Phi) is 4.86. The number of halogens is 1. The molecule has 1 aliphatic heterocycles. The van der Waals surface area contributed by atoms with Gasteiger partial charge in [0.15, 0.2) is 0 Å². The topological polar surface area (TPSA) is 15.3 Å². The van der Waals surface area contributed by atoms with Crippen LogP contribution in [0.1, 0.15) is 24.8 Å². The second-order valence-corrected chi connectivity index (χ2v) is 5.76. The van der Waals surface area contributed by atoms with E-state index in [-0.39, 0.29) is 0 Å². The van der Waals surface area contributed by atoms with Gasteiger partial charge < -0.3 is 10.2 Å². The molecule has 0 aliphatic carbocycles. The SMILES string of the molecule is Cc1cc(Br)cc(NCCCN2CCCC2)c1. The van der Waals surface area contributed by atoms with Gasteiger partial charge in [0, 0.05) is 16.7 Å². The molecule has 0 atom stereocenters. The summed E-state index contributed by atoms with van der Waals surface area (Å²) in [6.45, 7) is 7.03. The van der Waals surface area contributed by atoms with Crippen LogP contribution in [0.15, 0.2) is 22.7 Å². The molecule has 1 aromatic rings. The van der Waals surface area contributed by atoms with E-state index >= 15 is 0 Å². The zero-order valence-electron chi connectivity index (χ0n) is 10.5. The average molecular weight is 297 g/mol. The van der Waals surface area contributed by atoms with Crippen molar-refractivity contribution in [3.05, 3.63) is 28.2 Å². The van der Waals surface area contributed by atoms with Crippen LogP contribution in [0, 0.1) is 6.92 Å². The molecule has 2 nitrogen and oxygen atoms in total. The first-order chi connectivity index (χ1) is 8.24. The fraction of sp³-hybridized carbons (Fsp3) is 0.571. The van der Waals surface area contributed by atoms with E-state index in [9.17, 15) is 0 Å². The number of anilines is 1. The molecule has 1 fully saturated rings. The predicted molar refractivity (Wildman–Crippen MR) is 77.7 cm³/mol. The quantitative estimate of drug-likeness (QED) is 0.835. The molecule has 0 radical (unpaired) electrons. The Hall–Kier alpha value is -0.540. The fourth-order valence-electron chi connectivity index (χ4n) is 2.38. The van der Waals surface area contributed by atoms with Crippen LogP contribution in [0.3, 0.4) is 0 Å². The lowest BCUT2D eigenvalue weighted by Gasteiger charge is -2.15. The van der Waals surface area contributed by atoms with Crippen LogP contribution in [0.5, 0.6) is 0 Å². The summed E-state index contributed by atoms with van der Waals surface area (Å²) in [5.41, 5.74) is 2.51. The van der Waals surface area contributed by atoms with E-state index < -0.39 is 0 Å². The lowest BCUT2D eigenvalue weighted by Crippen LogP contribution is -2.22. The Morgan fingerprint density at radius 3 is 2.71 bits per heavy atom. The van der Waals surface area contributed by atoms with Gasteiger partial charge in [-0.25, -0.2) is 0 Å². The number of benzene rings is 1. The van der Waals surface area contributed by atoms with Gasteiger partial charge in [-0.3, -0.25) is 0 Å². The minimum atomic E-state index is 1.06. The van der Waals surface area contributed by atoms with E-state index in [1.54, 1.807) is 0 Å². The standard InChI is InChI=1S/C14H21BrN2/c1-12-9-13(15)11-14(10-12)16-5-4-8-17-6-2-3-7-17/h9-11,16H,2-8H2,1H3. The maximum Gasteiger partial charge on any atom is 0.0354 e. The van der Waals surface area contributed by atoms with Crippen molar-refractivity contribution in [3.63, 3.8) is 0 Å². The highest BCUT2D eigenvalue weighted by Gasteiger charge is 2.09. The molecule has 0 bridgehead atoms. The van der Waals surface area contributed by atoms with E-state index in [2.05, 4.69) is 51.3 Å². The highest BCUT2D eigenvalue weighted by Crippen LogP contribution is 2.19. The Labute approximate surface area is 113 Å². The first kappa shape index (κ1) is 12.9. The number of hydrogen-bond donors (Lipinski definition) is 1. The summed E-state index contributed by atoms with van der Waals surface area (Å²) in [4.78, 5) is 2.56. The summed E-state index contributed by atoms with van der Waals surface area (Å²) in [6.07, 6.45) is 4.00. The van der Waals surface area contributed by atoms with E-state index in [0.717, 1.165) is 11.0 Å². The molecule has 94 valence electrons. The molecule has 1 aliphatic rings. The Bertz CT molecular complexity index is 339. The van der Waals surface area contributed by atoms with Crippen LogP contribution in [-0.2, 0) is 0 Å². The van der Waals surface area contributed by atoms with Gasteiger partial charge in [-0.15, -0.1) is 0 Å². The van der Waals surface area contributed by atoms with Crippen LogP contribution in [0.25, 0.3) is 0 Å². The molecular weight excluding hydrogens is 276 g/mol. The van der Waals surface area contributed by atoms with Gasteiger partial charge in [0.2, 0.25) is 0 Å². The zero-order valence-corrected chi connectivity index (χ0v) is 12.1. The van der Waals surface area contributed by atoms with Crippen molar-refractivity contribution in [1.82, 2.24) is 4.90 Å². The van der Waals surface area contributed by atoms with Gasteiger partial charge in [-0.05, 0) is 69.6 Å². The molecule has 0 aromatic heterocycles. The predicted octanol–water partition coefficient (Wildman–Crippen LogP) is 3.66. The molecule has 0 unspecified atom stereocenters. The number of nitrogens with one attached hydrogen (secondary N) is 1. The van der Waals surface area contributed by atoms with Crippen molar-refractivity contribution in [2.45, 2.75) is 26.2 Å². The number of rotatable bonds is 5. The van der Waals surface area contributed by atoms with E-state index in [1.807, 2.05) is 0 Å². The van der Waals surface area contributed by atoms with Crippen LogP contribution < -0.4 is 5.32 Å². The summed E-state index contributed by atoms with van der Waals surface area (Å²) < 4.78 is 1.15. The molecule has 0 saturated carbocycles. The minimum absolute atomic E-state index is 1.06. The Balaban J connectivity index is 1.70. The van der Waals surface area contributed by atoms with E-state index in [1.165, 1.54) is 50.1 Å². The van der Waals surface area contributed by atoms with Gasteiger partial charge in [-0.2, -0.15) is 0 Å². The van der Waals surface area contributed by atoms with E-state index in [4.69, 9.17) is 0 Å². The summed E-state index contributed by atoms with van der Waals surface area (Å²) in [6, 6.07) is 6.47. The normalized spacial score (nSPS) is 16.4. The molecule has 1 N–H and O–H groups in total. The summed E-state index contributed by atoms with van der Waals surface area (Å²) in [7, 11) is 0. The van der Waals surface area contributed by atoms with Crippen LogP contribution in [0.2, 0.25) is 0 Å². The lowest BCUT2D eigenvalue weighted by molar-refractivity contribution is 0.337. The fourth-order valence-corrected chi connectivity index (χ4v) is 2.99. The van der Waals surface area contributed by atoms with Gasteiger partial charge in [0.1, 0.15) is 0 Å². The molecule has 1 saturated heterocycles. The van der Waals surface area contributed by atoms with Gasteiger partial charge in [0.25, 0.3) is 0 Å². The minimum Gasteiger partial charge on any atom is -0.385 e. The monoisotopic (exact) mass is 296 g/mol. The third-order valence-corrected chi connectivity index (χ3v) is 3.68. The summed E-state index contributed by atoms with van der Waals surface area (Å²) in [5.74, 6) is 0. The second kappa shape index (κ2) is 6.41. The van der Waals surface area contributed by atoms with Crippen molar-refractivity contribution < 1.29 is 0 Å². The zero-order chi connectivity index (χ0) is 12.1. The summed E-state index contributed by atoms with van der Waals surface area (Å²) in [5, 5.41) is 3.49. The van der Waals surface area contributed by atoms with E-state index in [0.29, 0.717) is 0 Å². The first-order valence-electron chi connectivity index (χ1n) is 6.47. The van der Waals surface area contributed by atoms with Gasteiger partial charge in [-0.1, -0.05) is 15.9 Å². The summed E-state index contributed by atoms with van der Waals surface area (Å²) >= 11 is 3.53. The molecular formula is C14H21BrN2. The molecule has 1 heterocycles. The number of nitrogens with zero attached hydrogens (tertiary/aromatic N) is 1. The van der Waals surface area contributed by atoms with Crippen molar-refractivity contribution >= 4 is 21.6 Å². The van der Waals surface area contributed by atoms with Crippen molar-refractivity contribution in [3.8, 4) is 0 Å². The highest BCUT2D eigenvalue weighted by atomic mass is 79.9. The third kappa shape index (κ3) is 4.32. The Morgan fingerprint density at radius 1 is 1.24 bits per heavy atom. The molecule has 3 heteroatoms. The van der Waals surface area contributed by atoms with Crippen LogP contribution in [-0.4, -0.2) is 31.1 Å². The van der Waals surface area contributed by atoms with Crippen molar-refractivity contribution in [2.75, 3.05) is 31.5 Å². The second-order valence-electron chi connectivity index (χ2n) is 4.85. The average Bonchev–Trinajstić information content (AvgIpc) is 2.76. The highest BCUT2D eigenvalue weighted by molar-refractivity contribution is 9.10. The number of aryl methyl sites for hydroxylation is 1. The smallest absolute Gasteiger partial charge is 0.0354 e. The van der Waals surface area contributed by atoms with Crippen molar-refractivity contribution in [1.29, 1.82) is 0 Å². The molecule has 0 spiro atoms. The Morgan fingerprint density at radius 2 is 2.00 bits per heavy atom. The molecule has 17 heavy (non-hydrogen) atoms. The largest absolute Gasteiger partial charge is 0.385 e. The first-order valence-corrected chi connectivity index (χ1v) is 7.27.